The van der Waals surface area contributed by atoms with Gasteiger partial charge in [0.15, 0.2) is 0 Å². The van der Waals surface area contributed by atoms with E-state index < -0.39 is 6.10 Å². The molecule has 1 saturated heterocycles. The lowest BCUT2D eigenvalue weighted by molar-refractivity contribution is -0.132. The summed E-state index contributed by atoms with van der Waals surface area (Å²) in [6, 6.07) is 15.8. The number of likely N-dealkylation sites (tertiary alicyclic amines) is 1. The van der Waals surface area contributed by atoms with Crippen molar-refractivity contribution in [2.24, 2.45) is 0 Å². The summed E-state index contributed by atoms with van der Waals surface area (Å²) in [5.41, 5.74) is 2.03. The average molecular weight is 382 g/mol. The molecule has 0 aromatic heterocycles. The van der Waals surface area contributed by atoms with Crippen LogP contribution in [0, 0.1) is 0 Å². The Kier molecular flexibility index (Phi) is 5.50. The first-order valence-electron chi connectivity index (χ1n) is 9.69. The molecule has 1 N–H and O–H groups in total. The number of carbonyl (C=O) groups is 1. The van der Waals surface area contributed by atoms with Gasteiger partial charge in [0.1, 0.15) is 17.6 Å². The number of methoxy groups -OCH3 is 1. The van der Waals surface area contributed by atoms with Crippen LogP contribution in [0.25, 0.3) is 0 Å². The van der Waals surface area contributed by atoms with E-state index in [0.29, 0.717) is 39.1 Å². The lowest BCUT2D eigenvalue weighted by Crippen LogP contribution is -2.40. The number of hydrogen-bond donors (Lipinski definition) is 1. The van der Waals surface area contributed by atoms with Gasteiger partial charge in [0.05, 0.1) is 19.8 Å². The molecule has 0 spiro atoms. The van der Waals surface area contributed by atoms with E-state index >= 15 is 0 Å². The summed E-state index contributed by atoms with van der Waals surface area (Å²) in [7, 11) is 1.66. The topological polar surface area (TPSA) is 62.2 Å². The Labute approximate surface area is 165 Å². The second kappa shape index (κ2) is 8.20. The minimum atomic E-state index is -0.404. The molecule has 6 heteroatoms. The monoisotopic (exact) mass is 382 g/mol. The van der Waals surface area contributed by atoms with Crippen LogP contribution in [0.3, 0.4) is 0 Å². The van der Waals surface area contributed by atoms with Gasteiger partial charge in [-0.3, -0.25) is 9.69 Å². The van der Waals surface area contributed by atoms with Crippen molar-refractivity contribution in [2.45, 2.75) is 25.2 Å². The Balaban J connectivity index is 1.59. The van der Waals surface area contributed by atoms with Crippen LogP contribution in [0.2, 0.25) is 0 Å². The van der Waals surface area contributed by atoms with E-state index in [2.05, 4.69) is 4.90 Å². The van der Waals surface area contributed by atoms with Crippen LogP contribution < -0.4 is 9.47 Å². The van der Waals surface area contributed by atoms with Crippen molar-refractivity contribution in [1.82, 2.24) is 9.80 Å². The number of aliphatic hydroxyl groups is 1. The third-order valence-electron chi connectivity index (χ3n) is 5.42. The minimum Gasteiger partial charge on any atom is -0.496 e. The fourth-order valence-electron chi connectivity index (χ4n) is 3.95. The zero-order valence-electron chi connectivity index (χ0n) is 16.1. The quantitative estimate of drug-likeness (QED) is 0.879. The number of nitrogens with zero attached hydrogens (tertiary/aromatic N) is 2. The maximum Gasteiger partial charge on any atom is 0.236 e. The second-order valence-corrected chi connectivity index (χ2v) is 7.41. The first-order valence-corrected chi connectivity index (χ1v) is 9.69. The van der Waals surface area contributed by atoms with Gasteiger partial charge in [-0.1, -0.05) is 36.4 Å². The molecule has 0 saturated carbocycles. The van der Waals surface area contributed by atoms with Gasteiger partial charge in [-0.05, 0) is 18.6 Å². The van der Waals surface area contributed by atoms with Crippen LogP contribution in [0.1, 0.15) is 23.7 Å². The number of para-hydroxylation sites is 2. The third kappa shape index (κ3) is 3.98. The van der Waals surface area contributed by atoms with Crippen LogP contribution in [-0.2, 0) is 11.3 Å². The number of carbonyl (C=O) groups excluding carboxylic acids is 1. The summed E-state index contributed by atoms with van der Waals surface area (Å²) in [4.78, 5) is 16.6. The van der Waals surface area contributed by atoms with Gasteiger partial charge in [-0.15, -0.1) is 0 Å². The molecule has 6 nitrogen and oxygen atoms in total. The van der Waals surface area contributed by atoms with Crippen LogP contribution in [0.15, 0.2) is 48.5 Å². The molecule has 148 valence electrons. The van der Waals surface area contributed by atoms with Crippen molar-refractivity contribution in [3.8, 4) is 11.5 Å². The van der Waals surface area contributed by atoms with E-state index in [0.717, 1.165) is 22.6 Å². The molecule has 4 rings (SSSR count). The number of hydrogen-bond acceptors (Lipinski definition) is 5. The number of benzene rings is 2. The molecule has 2 heterocycles. The number of fused-ring (bicyclic) bond motifs is 1. The minimum absolute atomic E-state index is 0.0507. The third-order valence-corrected chi connectivity index (χ3v) is 5.42. The molecule has 1 fully saturated rings. The number of β-amino-alcohol motifs (C(OH)–C–C–N with tert-alkyl or cyclic N) is 1. The lowest BCUT2D eigenvalue weighted by atomic mass is 10.1. The van der Waals surface area contributed by atoms with E-state index in [1.54, 1.807) is 12.0 Å². The van der Waals surface area contributed by atoms with E-state index in [-0.39, 0.29) is 12.0 Å². The Morgan fingerprint density at radius 3 is 2.75 bits per heavy atom. The number of amides is 1. The van der Waals surface area contributed by atoms with Crippen LogP contribution >= 0.6 is 0 Å². The maximum atomic E-state index is 12.8. The highest BCUT2D eigenvalue weighted by Crippen LogP contribution is 2.34. The summed E-state index contributed by atoms with van der Waals surface area (Å²) >= 11 is 0. The summed E-state index contributed by atoms with van der Waals surface area (Å²) in [6.45, 7) is 2.57. The predicted molar refractivity (Wildman–Crippen MR) is 105 cm³/mol. The van der Waals surface area contributed by atoms with Crippen LogP contribution in [-0.4, -0.2) is 60.2 Å². The first kappa shape index (κ1) is 18.8. The zero-order valence-corrected chi connectivity index (χ0v) is 16.1. The summed E-state index contributed by atoms with van der Waals surface area (Å²) in [6.07, 6.45) is 0.0110. The molecular formula is C22H26N2O4. The second-order valence-electron chi connectivity index (χ2n) is 7.41. The molecule has 2 aromatic carbocycles. The molecule has 1 unspecified atom stereocenters. The molecule has 2 atom stereocenters. The van der Waals surface area contributed by atoms with E-state index in [4.69, 9.17) is 9.47 Å². The Bertz CT molecular complexity index is 841. The molecule has 28 heavy (non-hydrogen) atoms. The van der Waals surface area contributed by atoms with Gasteiger partial charge in [-0.2, -0.15) is 0 Å². The van der Waals surface area contributed by atoms with Gasteiger partial charge in [-0.25, -0.2) is 0 Å². The Morgan fingerprint density at radius 1 is 1.18 bits per heavy atom. The molecule has 2 aliphatic rings. The maximum absolute atomic E-state index is 12.8. The van der Waals surface area contributed by atoms with Crippen molar-refractivity contribution in [1.29, 1.82) is 0 Å². The largest absolute Gasteiger partial charge is 0.496 e. The molecule has 0 bridgehead atoms. The van der Waals surface area contributed by atoms with Gasteiger partial charge in [0, 0.05) is 37.3 Å². The fraction of sp³-hybridized carbons (Fsp3) is 0.409. The average Bonchev–Trinajstić information content (AvgIpc) is 3.06. The van der Waals surface area contributed by atoms with Gasteiger partial charge in [0.2, 0.25) is 5.91 Å². The standard InChI is InChI=1S/C22H26N2O4/c1-27-20-9-5-3-7-18(20)21-14-23(12-16-6-2-4-8-19(16)28-21)15-22(26)24-11-10-17(25)13-24/h2-9,17,21,25H,10-15H2,1H3/t17-,21?/m1/s1. The SMILES string of the molecule is COc1ccccc1C1CN(CC(=O)N2CC[C@@H](O)C2)Cc2ccccc2O1. The van der Waals surface area contributed by atoms with Gasteiger partial charge in [0.25, 0.3) is 0 Å². The van der Waals surface area contributed by atoms with Crippen molar-refractivity contribution in [3.63, 3.8) is 0 Å². The highest BCUT2D eigenvalue weighted by molar-refractivity contribution is 5.78. The number of rotatable bonds is 4. The molecule has 2 aromatic rings. The molecular weight excluding hydrogens is 356 g/mol. The van der Waals surface area contributed by atoms with Crippen molar-refractivity contribution in [2.75, 3.05) is 33.3 Å². The Hall–Kier alpha value is -2.57. The zero-order chi connectivity index (χ0) is 19.5. The highest BCUT2D eigenvalue weighted by atomic mass is 16.5. The van der Waals surface area contributed by atoms with E-state index in [9.17, 15) is 9.90 Å². The summed E-state index contributed by atoms with van der Waals surface area (Å²) < 4.78 is 11.9. The van der Waals surface area contributed by atoms with Crippen molar-refractivity contribution >= 4 is 5.91 Å². The summed E-state index contributed by atoms with van der Waals surface area (Å²) in [5, 5.41) is 9.74. The van der Waals surface area contributed by atoms with Crippen LogP contribution in [0.5, 0.6) is 11.5 Å². The fourth-order valence-corrected chi connectivity index (χ4v) is 3.95. The molecule has 0 radical (unpaired) electrons. The molecule has 0 aliphatic carbocycles. The smallest absolute Gasteiger partial charge is 0.236 e. The van der Waals surface area contributed by atoms with Crippen molar-refractivity contribution < 1.29 is 19.4 Å². The van der Waals surface area contributed by atoms with E-state index in [1.807, 2.05) is 48.5 Å². The van der Waals surface area contributed by atoms with Crippen LogP contribution in [0.4, 0.5) is 0 Å². The van der Waals surface area contributed by atoms with E-state index in [1.165, 1.54) is 0 Å². The number of aliphatic hydroxyl groups excluding tert-OH is 1. The van der Waals surface area contributed by atoms with Crippen molar-refractivity contribution in [3.05, 3.63) is 59.7 Å². The van der Waals surface area contributed by atoms with Gasteiger partial charge >= 0.3 is 0 Å². The molecule has 1 amide bonds. The number of ether oxygens (including phenoxy) is 2. The normalized spacial score (nSPS) is 22.3. The predicted octanol–water partition coefficient (Wildman–Crippen LogP) is 2.22. The summed E-state index contributed by atoms with van der Waals surface area (Å²) in [5.74, 6) is 1.67. The molecule has 2 aliphatic heterocycles. The Morgan fingerprint density at radius 2 is 1.96 bits per heavy atom. The van der Waals surface area contributed by atoms with Gasteiger partial charge < -0.3 is 19.5 Å². The lowest BCUT2D eigenvalue weighted by Gasteiger charge is -2.26. The first-order chi connectivity index (χ1) is 13.6. The highest BCUT2D eigenvalue weighted by Gasteiger charge is 2.30.